The minimum atomic E-state index is -3.59. The Hall–Kier alpha value is -3.24. The number of nitrogens with one attached hydrogen (secondary N) is 2. The van der Waals surface area contributed by atoms with E-state index in [9.17, 15) is 13.2 Å². The number of sulfonamides is 1. The quantitative estimate of drug-likeness (QED) is 0.599. The molecule has 0 unspecified atom stereocenters. The molecule has 0 radical (unpaired) electrons. The van der Waals surface area contributed by atoms with Crippen molar-refractivity contribution in [2.75, 3.05) is 14.1 Å². The first kappa shape index (κ1) is 21.5. The average molecular weight is 429 g/mol. The van der Waals surface area contributed by atoms with Crippen LogP contribution in [0.15, 0.2) is 66.1 Å². The molecule has 2 N–H and O–H groups in total. The zero-order chi connectivity index (χ0) is 21.7. The van der Waals surface area contributed by atoms with Crippen molar-refractivity contribution in [2.24, 2.45) is 0 Å². The van der Waals surface area contributed by atoms with Gasteiger partial charge in [-0.2, -0.15) is 5.10 Å². The minimum absolute atomic E-state index is 0.0903. The Morgan fingerprint density at radius 1 is 1.13 bits per heavy atom. The highest BCUT2D eigenvalue weighted by Gasteiger charge is 2.21. The molecule has 3 aromatic rings. The van der Waals surface area contributed by atoms with E-state index in [1.54, 1.807) is 29.2 Å². The summed E-state index contributed by atoms with van der Waals surface area (Å²) in [6.07, 6.45) is 3.07. The lowest BCUT2D eigenvalue weighted by atomic mass is 10.1. The molecule has 0 saturated heterocycles. The van der Waals surface area contributed by atoms with Gasteiger partial charge in [-0.1, -0.05) is 30.3 Å². The molecule has 0 aliphatic rings. The molecular weight excluding hydrogens is 404 g/mol. The third-order valence-corrected chi connectivity index (χ3v) is 6.51. The van der Waals surface area contributed by atoms with Crippen LogP contribution in [0.2, 0.25) is 0 Å². The third kappa shape index (κ3) is 4.84. The van der Waals surface area contributed by atoms with E-state index in [0.717, 1.165) is 15.6 Å². The second-order valence-electron chi connectivity index (χ2n) is 6.88. The van der Waals surface area contributed by atoms with Gasteiger partial charge in [0, 0.05) is 20.6 Å². The predicted molar refractivity (Wildman–Crippen MR) is 112 cm³/mol. The summed E-state index contributed by atoms with van der Waals surface area (Å²) >= 11 is 0. The van der Waals surface area contributed by atoms with Crippen molar-refractivity contribution >= 4 is 16.1 Å². The summed E-state index contributed by atoms with van der Waals surface area (Å²) in [5, 5.41) is 9.66. The van der Waals surface area contributed by atoms with E-state index in [1.165, 1.54) is 26.5 Å². The number of rotatable bonds is 7. The highest BCUT2D eigenvalue weighted by atomic mass is 32.2. The maximum atomic E-state index is 12.5. The molecule has 3 rings (SSSR count). The first-order chi connectivity index (χ1) is 14.3. The van der Waals surface area contributed by atoms with Crippen LogP contribution in [0.1, 0.15) is 24.1 Å². The average Bonchev–Trinajstić information content (AvgIpc) is 3.27. The minimum Gasteiger partial charge on any atom is -0.334 e. The lowest BCUT2D eigenvalue weighted by molar-refractivity contribution is 0.237. The molecule has 0 aliphatic carbocycles. The Morgan fingerprint density at radius 2 is 1.83 bits per heavy atom. The van der Waals surface area contributed by atoms with Crippen molar-refractivity contribution < 1.29 is 13.2 Å². The van der Waals surface area contributed by atoms with Crippen LogP contribution in [-0.2, 0) is 16.6 Å². The van der Waals surface area contributed by atoms with Crippen LogP contribution in [0.5, 0.6) is 0 Å². The largest absolute Gasteiger partial charge is 0.334 e. The normalized spacial score (nSPS) is 12.5. The molecule has 10 heteroatoms. The lowest BCUT2D eigenvalue weighted by Crippen LogP contribution is -2.37. The third-order valence-electron chi connectivity index (χ3n) is 4.59. The van der Waals surface area contributed by atoms with E-state index >= 15 is 0 Å². The van der Waals surface area contributed by atoms with E-state index in [0.29, 0.717) is 5.56 Å². The van der Waals surface area contributed by atoms with Gasteiger partial charge in [0.25, 0.3) is 0 Å². The number of hydrogen-bond acceptors (Lipinski definition) is 5. The van der Waals surface area contributed by atoms with Gasteiger partial charge < -0.3 is 10.6 Å². The molecule has 1 heterocycles. The summed E-state index contributed by atoms with van der Waals surface area (Å²) in [6, 6.07) is 13.6. The number of aromatic nitrogens is 3. The smallest absolute Gasteiger partial charge is 0.315 e. The molecule has 158 valence electrons. The van der Waals surface area contributed by atoms with Crippen LogP contribution < -0.4 is 10.6 Å². The molecule has 0 bridgehead atoms. The number of urea groups is 1. The standard InChI is InChI=1S/C20H24N6O3S/c1-15(16-8-10-18(11-9-16)26-14-21-13-23-26)24-20(27)22-12-17-6-4-5-7-19(17)30(28,29)25(2)3/h4-11,13-15H,12H2,1-3H3,(H2,22,24,27)/t15-/m1/s1. The van der Waals surface area contributed by atoms with Gasteiger partial charge in [0.2, 0.25) is 10.0 Å². The second-order valence-corrected chi connectivity index (χ2v) is 9.00. The Labute approximate surface area is 175 Å². The number of nitrogens with zero attached hydrogens (tertiary/aromatic N) is 4. The fourth-order valence-corrected chi connectivity index (χ4v) is 3.98. The van der Waals surface area contributed by atoms with Crippen LogP contribution in [0.3, 0.4) is 0 Å². The zero-order valence-electron chi connectivity index (χ0n) is 17.0. The molecule has 1 atom stereocenters. The number of hydrogen-bond donors (Lipinski definition) is 2. The van der Waals surface area contributed by atoms with Crippen LogP contribution >= 0.6 is 0 Å². The van der Waals surface area contributed by atoms with Gasteiger partial charge in [0.15, 0.2) is 0 Å². The molecule has 9 nitrogen and oxygen atoms in total. The molecule has 0 fully saturated rings. The van der Waals surface area contributed by atoms with Gasteiger partial charge in [-0.05, 0) is 36.2 Å². The van der Waals surface area contributed by atoms with Gasteiger partial charge in [-0.15, -0.1) is 0 Å². The summed E-state index contributed by atoms with van der Waals surface area (Å²) in [7, 11) is -0.646. The van der Waals surface area contributed by atoms with E-state index in [2.05, 4.69) is 20.7 Å². The fraction of sp³-hybridized carbons (Fsp3) is 0.250. The van der Waals surface area contributed by atoms with E-state index in [-0.39, 0.29) is 23.5 Å². The highest BCUT2D eigenvalue weighted by molar-refractivity contribution is 7.89. The van der Waals surface area contributed by atoms with Crippen molar-refractivity contribution in [3.8, 4) is 5.69 Å². The van der Waals surface area contributed by atoms with Gasteiger partial charge >= 0.3 is 6.03 Å². The van der Waals surface area contributed by atoms with Crippen LogP contribution in [0.4, 0.5) is 4.79 Å². The van der Waals surface area contributed by atoms with Gasteiger partial charge in [0.05, 0.1) is 16.6 Å². The Morgan fingerprint density at radius 3 is 2.47 bits per heavy atom. The molecule has 2 aromatic carbocycles. The second kappa shape index (κ2) is 9.06. The van der Waals surface area contributed by atoms with Crippen molar-refractivity contribution in [3.05, 3.63) is 72.3 Å². The molecule has 1 aromatic heterocycles. The van der Waals surface area contributed by atoms with Crippen LogP contribution in [-0.4, -0.2) is 47.6 Å². The SMILES string of the molecule is C[C@@H](NC(=O)NCc1ccccc1S(=O)(=O)N(C)C)c1ccc(-n2cncn2)cc1. The van der Waals surface area contributed by atoms with E-state index in [4.69, 9.17) is 0 Å². The maximum Gasteiger partial charge on any atom is 0.315 e. The van der Waals surface area contributed by atoms with Gasteiger partial charge in [-0.3, -0.25) is 0 Å². The van der Waals surface area contributed by atoms with E-state index < -0.39 is 10.0 Å². The summed E-state index contributed by atoms with van der Waals surface area (Å²) in [4.78, 5) is 16.4. The summed E-state index contributed by atoms with van der Waals surface area (Å²) in [6.45, 7) is 1.96. The van der Waals surface area contributed by atoms with Crippen molar-refractivity contribution in [1.82, 2.24) is 29.7 Å². The first-order valence-electron chi connectivity index (χ1n) is 9.29. The number of benzene rings is 2. The Kier molecular flexibility index (Phi) is 6.48. The van der Waals surface area contributed by atoms with Crippen LogP contribution in [0.25, 0.3) is 5.69 Å². The molecule has 0 aliphatic heterocycles. The fourth-order valence-electron chi connectivity index (χ4n) is 2.86. The summed E-state index contributed by atoms with van der Waals surface area (Å²) in [5.41, 5.74) is 2.31. The molecule has 0 saturated carbocycles. The lowest BCUT2D eigenvalue weighted by Gasteiger charge is -2.17. The highest BCUT2D eigenvalue weighted by Crippen LogP contribution is 2.18. The summed E-state index contributed by atoms with van der Waals surface area (Å²) < 4.78 is 27.7. The first-order valence-corrected chi connectivity index (χ1v) is 10.7. The van der Waals surface area contributed by atoms with Gasteiger partial charge in [-0.25, -0.2) is 27.2 Å². The number of carbonyl (C=O) groups is 1. The molecular formula is C20H24N6O3S. The van der Waals surface area contributed by atoms with Crippen molar-refractivity contribution in [2.45, 2.75) is 24.4 Å². The van der Waals surface area contributed by atoms with Gasteiger partial charge in [0.1, 0.15) is 12.7 Å². The van der Waals surface area contributed by atoms with Crippen molar-refractivity contribution in [3.63, 3.8) is 0 Å². The van der Waals surface area contributed by atoms with Crippen molar-refractivity contribution in [1.29, 1.82) is 0 Å². The maximum absolute atomic E-state index is 12.5. The number of carbonyl (C=O) groups excluding carboxylic acids is 1. The predicted octanol–water partition coefficient (Wildman–Crippen LogP) is 2.08. The molecule has 30 heavy (non-hydrogen) atoms. The zero-order valence-corrected chi connectivity index (χ0v) is 17.8. The topological polar surface area (TPSA) is 109 Å². The Balaban J connectivity index is 1.61. The molecule has 2 amide bonds. The molecule has 0 spiro atoms. The van der Waals surface area contributed by atoms with E-state index in [1.807, 2.05) is 31.2 Å². The van der Waals surface area contributed by atoms with Crippen LogP contribution in [0, 0.1) is 0 Å². The Bertz CT molecular complexity index is 1100. The summed E-state index contributed by atoms with van der Waals surface area (Å²) in [5.74, 6) is 0. The number of amides is 2. The monoisotopic (exact) mass is 428 g/mol.